The fraction of sp³-hybridized carbons (Fsp3) is 0.667. The largest absolute Gasteiger partial charge is 0.0993 e. The Hall–Kier alpha value is -0.520. The third-order valence-electron chi connectivity index (χ3n) is 2.60. The average Bonchev–Trinajstić information content (AvgIpc) is 2.11. The Labute approximate surface area is 77.4 Å². The molecule has 70 valence electrons. The second-order valence-corrected chi connectivity index (χ2v) is 3.52. The van der Waals surface area contributed by atoms with Gasteiger partial charge in [0, 0.05) is 0 Å². The zero-order chi connectivity index (χ0) is 9.56. The maximum absolute atomic E-state index is 4.12. The van der Waals surface area contributed by atoms with Gasteiger partial charge in [-0.2, -0.15) is 0 Å². The summed E-state index contributed by atoms with van der Waals surface area (Å²) in [6.45, 7) is 12.9. The Kier molecular flexibility index (Phi) is 5.79. The first-order valence-corrected chi connectivity index (χ1v) is 4.93. The van der Waals surface area contributed by atoms with Crippen LogP contribution in [0.25, 0.3) is 0 Å². The van der Waals surface area contributed by atoms with Gasteiger partial charge in [0.2, 0.25) is 0 Å². The van der Waals surface area contributed by atoms with Gasteiger partial charge in [0.1, 0.15) is 0 Å². The van der Waals surface area contributed by atoms with Gasteiger partial charge in [-0.05, 0) is 32.6 Å². The highest BCUT2D eigenvalue weighted by atomic mass is 14.1. The molecule has 0 nitrogen and oxygen atoms in total. The molecule has 0 radical (unpaired) electrons. The summed E-state index contributed by atoms with van der Waals surface area (Å²) in [6.07, 6.45) is 5.91. The van der Waals surface area contributed by atoms with E-state index in [1.54, 1.807) is 0 Å². The first-order chi connectivity index (χ1) is 5.63. The standard InChI is InChI=1S/C12H22/c1-6-8-9-11(4)12(5)10(3)7-2/h7,12H,4,6,8-9H2,1-3,5H3/b10-7+. The summed E-state index contributed by atoms with van der Waals surface area (Å²) < 4.78 is 0. The smallest absolute Gasteiger partial charge is 0.00270 e. The quantitative estimate of drug-likeness (QED) is 0.533. The molecule has 0 fully saturated rings. The van der Waals surface area contributed by atoms with Gasteiger partial charge in [-0.25, -0.2) is 0 Å². The van der Waals surface area contributed by atoms with E-state index < -0.39 is 0 Å². The van der Waals surface area contributed by atoms with Crippen molar-refractivity contribution in [3.8, 4) is 0 Å². The lowest BCUT2D eigenvalue weighted by Crippen LogP contribution is -1.99. The average molecular weight is 166 g/mol. The van der Waals surface area contributed by atoms with Crippen LogP contribution in [0, 0.1) is 5.92 Å². The maximum Gasteiger partial charge on any atom is -0.00270 e. The highest BCUT2D eigenvalue weighted by Crippen LogP contribution is 2.22. The molecule has 0 saturated carbocycles. The van der Waals surface area contributed by atoms with Crippen molar-refractivity contribution in [3.63, 3.8) is 0 Å². The molecule has 0 rings (SSSR count). The Morgan fingerprint density at radius 2 is 2.08 bits per heavy atom. The predicted molar refractivity (Wildman–Crippen MR) is 57.3 cm³/mol. The summed E-state index contributed by atoms with van der Waals surface area (Å²) in [5.74, 6) is 0.571. The Bertz CT molecular complexity index is 163. The molecule has 0 saturated heterocycles. The second kappa shape index (κ2) is 6.05. The van der Waals surface area contributed by atoms with Crippen LogP contribution in [-0.2, 0) is 0 Å². The number of hydrogen-bond donors (Lipinski definition) is 0. The molecular weight excluding hydrogens is 144 g/mol. The molecule has 0 aromatic carbocycles. The highest BCUT2D eigenvalue weighted by molar-refractivity contribution is 5.15. The molecule has 0 aromatic rings. The van der Waals surface area contributed by atoms with E-state index >= 15 is 0 Å². The van der Waals surface area contributed by atoms with Gasteiger partial charge in [-0.3, -0.25) is 0 Å². The van der Waals surface area contributed by atoms with Crippen LogP contribution in [0.4, 0.5) is 0 Å². The van der Waals surface area contributed by atoms with Gasteiger partial charge in [0.25, 0.3) is 0 Å². The molecule has 0 bridgehead atoms. The van der Waals surface area contributed by atoms with Gasteiger partial charge in [-0.1, -0.05) is 44.1 Å². The lowest BCUT2D eigenvalue weighted by Gasteiger charge is -2.14. The SMILES string of the molecule is C=C(CCCC)C(C)/C(C)=C/C. The molecule has 0 aliphatic carbocycles. The Morgan fingerprint density at radius 1 is 1.50 bits per heavy atom. The number of hydrogen-bond acceptors (Lipinski definition) is 0. The van der Waals surface area contributed by atoms with Crippen molar-refractivity contribution in [2.24, 2.45) is 5.92 Å². The third-order valence-corrected chi connectivity index (χ3v) is 2.60. The van der Waals surface area contributed by atoms with Crippen molar-refractivity contribution in [1.82, 2.24) is 0 Å². The van der Waals surface area contributed by atoms with E-state index in [9.17, 15) is 0 Å². The number of allylic oxidation sites excluding steroid dienone is 3. The number of rotatable bonds is 5. The van der Waals surface area contributed by atoms with Crippen molar-refractivity contribution < 1.29 is 0 Å². The molecule has 0 aromatic heterocycles. The number of unbranched alkanes of at least 4 members (excludes halogenated alkanes) is 1. The first-order valence-electron chi connectivity index (χ1n) is 4.93. The topological polar surface area (TPSA) is 0 Å². The molecule has 0 heterocycles. The lowest BCUT2D eigenvalue weighted by atomic mass is 9.91. The van der Waals surface area contributed by atoms with E-state index in [4.69, 9.17) is 0 Å². The summed E-state index contributed by atoms with van der Waals surface area (Å²) in [5, 5.41) is 0. The predicted octanol–water partition coefficient (Wildman–Crippen LogP) is 4.34. The van der Waals surface area contributed by atoms with E-state index in [1.165, 1.54) is 30.4 Å². The van der Waals surface area contributed by atoms with E-state index in [0.29, 0.717) is 5.92 Å². The lowest BCUT2D eigenvalue weighted by molar-refractivity contribution is 0.694. The molecule has 12 heavy (non-hydrogen) atoms. The minimum atomic E-state index is 0.571. The summed E-state index contributed by atoms with van der Waals surface area (Å²) in [5.41, 5.74) is 2.82. The zero-order valence-corrected chi connectivity index (χ0v) is 8.98. The summed E-state index contributed by atoms with van der Waals surface area (Å²) in [4.78, 5) is 0. The fourth-order valence-corrected chi connectivity index (χ4v) is 1.19. The van der Waals surface area contributed by atoms with Crippen molar-refractivity contribution in [1.29, 1.82) is 0 Å². The van der Waals surface area contributed by atoms with Crippen molar-refractivity contribution in [2.75, 3.05) is 0 Å². The normalized spacial score (nSPS) is 14.5. The molecule has 0 spiro atoms. The molecular formula is C12H22. The Balaban J connectivity index is 3.93. The van der Waals surface area contributed by atoms with Gasteiger partial charge in [-0.15, -0.1) is 0 Å². The van der Waals surface area contributed by atoms with Crippen LogP contribution in [0.5, 0.6) is 0 Å². The van der Waals surface area contributed by atoms with E-state index in [2.05, 4.69) is 40.3 Å². The van der Waals surface area contributed by atoms with E-state index in [0.717, 1.165) is 0 Å². The van der Waals surface area contributed by atoms with Crippen LogP contribution < -0.4 is 0 Å². The summed E-state index contributed by atoms with van der Waals surface area (Å²) >= 11 is 0. The molecule has 0 aliphatic rings. The van der Waals surface area contributed by atoms with Crippen LogP contribution in [0.15, 0.2) is 23.8 Å². The molecule has 0 N–H and O–H groups in total. The van der Waals surface area contributed by atoms with Gasteiger partial charge in [0.15, 0.2) is 0 Å². The van der Waals surface area contributed by atoms with Crippen LogP contribution in [-0.4, -0.2) is 0 Å². The molecule has 1 atom stereocenters. The van der Waals surface area contributed by atoms with Gasteiger partial charge >= 0.3 is 0 Å². The third kappa shape index (κ3) is 3.75. The summed E-state index contributed by atoms with van der Waals surface area (Å²) in [6, 6.07) is 0. The first kappa shape index (κ1) is 11.5. The van der Waals surface area contributed by atoms with Crippen molar-refractivity contribution in [3.05, 3.63) is 23.8 Å². The highest BCUT2D eigenvalue weighted by Gasteiger charge is 2.06. The van der Waals surface area contributed by atoms with Crippen LogP contribution in [0.2, 0.25) is 0 Å². The van der Waals surface area contributed by atoms with Crippen molar-refractivity contribution >= 4 is 0 Å². The van der Waals surface area contributed by atoms with Crippen LogP contribution in [0.1, 0.15) is 47.0 Å². The molecule has 0 heteroatoms. The van der Waals surface area contributed by atoms with Crippen LogP contribution >= 0.6 is 0 Å². The fourth-order valence-electron chi connectivity index (χ4n) is 1.19. The second-order valence-electron chi connectivity index (χ2n) is 3.52. The van der Waals surface area contributed by atoms with Crippen LogP contribution in [0.3, 0.4) is 0 Å². The minimum absolute atomic E-state index is 0.571. The summed E-state index contributed by atoms with van der Waals surface area (Å²) in [7, 11) is 0. The Morgan fingerprint density at radius 3 is 2.50 bits per heavy atom. The van der Waals surface area contributed by atoms with E-state index in [-0.39, 0.29) is 0 Å². The van der Waals surface area contributed by atoms with Gasteiger partial charge < -0.3 is 0 Å². The molecule has 0 aliphatic heterocycles. The molecule has 0 amide bonds. The minimum Gasteiger partial charge on any atom is -0.0993 e. The van der Waals surface area contributed by atoms with Gasteiger partial charge in [0.05, 0.1) is 0 Å². The maximum atomic E-state index is 4.12. The van der Waals surface area contributed by atoms with Crippen molar-refractivity contribution in [2.45, 2.75) is 47.0 Å². The van der Waals surface area contributed by atoms with E-state index in [1.807, 2.05) is 0 Å². The monoisotopic (exact) mass is 166 g/mol. The zero-order valence-electron chi connectivity index (χ0n) is 8.98. The molecule has 1 unspecified atom stereocenters.